The van der Waals surface area contributed by atoms with Crippen LogP contribution in [-0.2, 0) is 13.6 Å². The van der Waals surface area contributed by atoms with Crippen LogP contribution in [0, 0.1) is 19.7 Å². The van der Waals surface area contributed by atoms with Crippen molar-refractivity contribution in [2.24, 2.45) is 7.05 Å². The first-order valence-corrected chi connectivity index (χ1v) is 17.2. The molecule has 1 saturated heterocycles. The number of pyridine rings is 1. The summed E-state index contributed by atoms with van der Waals surface area (Å²) >= 11 is 0. The lowest BCUT2D eigenvalue weighted by Crippen LogP contribution is -2.41. The Balaban J connectivity index is 1.47. The summed E-state index contributed by atoms with van der Waals surface area (Å²) in [6.07, 6.45) is 4.66. The summed E-state index contributed by atoms with van der Waals surface area (Å²) in [4.78, 5) is 41.4. The van der Waals surface area contributed by atoms with Crippen LogP contribution in [0.25, 0.3) is 22.2 Å². The lowest BCUT2D eigenvalue weighted by molar-refractivity contribution is 0.196. The largest absolute Gasteiger partial charge is 0.432 e. The van der Waals surface area contributed by atoms with Gasteiger partial charge in [-0.25, -0.2) is 19.2 Å². The van der Waals surface area contributed by atoms with Crippen molar-refractivity contribution in [3.63, 3.8) is 0 Å². The lowest BCUT2D eigenvalue weighted by Gasteiger charge is -2.36. The molecule has 3 aromatic heterocycles. The fourth-order valence-electron chi connectivity index (χ4n) is 5.70. The van der Waals surface area contributed by atoms with Crippen molar-refractivity contribution < 1.29 is 14.0 Å². The van der Waals surface area contributed by atoms with Gasteiger partial charge in [0.15, 0.2) is 8.32 Å². The molecule has 4 aromatic rings. The molecule has 4 heterocycles. The molecule has 3 N–H and O–H groups in total. The molecule has 0 radical (unpaired) electrons. The van der Waals surface area contributed by atoms with E-state index in [0.717, 1.165) is 23.4 Å². The van der Waals surface area contributed by atoms with Gasteiger partial charge >= 0.3 is 6.03 Å². The number of carbonyl (C=O) groups is 1. The number of aromatic nitrogens is 4. The van der Waals surface area contributed by atoms with E-state index in [-0.39, 0.29) is 22.9 Å². The fourth-order valence-corrected chi connectivity index (χ4v) is 6.46. The van der Waals surface area contributed by atoms with E-state index in [1.54, 1.807) is 27.8 Å². The van der Waals surface area contributed by atoms with Crippen LogP contribution in [0.2, 0.25) is 18.1 Å². The number of carbonyl (C=O) groups excluding carboxylic acids is 1. The van der Waals surface area contributed by atoms with Crippen LogP contribution in [0.5, 0.6) is 0 Å². The number of rotatable bonds is 8. The van der Waals surface area contributed by atoms with Crippen molar-refractivity contribution in [2.45, 2.75) is 71.3 Å². The fraction of sp³-hybridized carbons (Fsp3) is 0.419. The van der Waals surface area contributed by atoms with Gasteiger partial charge in [0, 0.05) is 42.3 Å². The number of halogens is 1. The van der Waals surface area contributed by atoms with E-state index in [4.69, 9.17) is 5.73 Å². The van der Waals surface area contributed by atoms with E-state index in [1.807, 2.05) is 51.0 Å². The average Bonchev–Trinajstić information content (AvgIpc) is 3.39. The van der Waals surface area contributed by atoms with E-state index in [0.29, 0.717) is 47.4 Å². The molecule has 5 rings (SSSR count). The number of hydrogen-bond donors (Lipinski definition) is 2. The Morgan fingerprint density at radius 1 is 1.14 bits per heavy atom. The minimum absolute atomic E-state index is 0.117. The normalized spacial score (nSPS) is 16.2. The van der Waals surface area contributed by atoms with E-state index in [1.165, 1.54) is 12.4 Å². The predicted octanol–water partition coefficient (Wildman–Crippen LogP) is 5.94. The van der Waals surface area contributed by atoms with Gasteiger partial charge in [0.05, 0.1) is 23.7 Å². The van der Waals surface area contributed by atoms with Crippen LogP contribution in [0.3, 0.4) is 0 Å². The number of anilines is 2. The van der Waals surface area contributed by atoms with Gasteiger partial charge in [-0.1, -0.05) is 13.8 Å². The summed E-state index contributed by atoms with van der Waals surface area (Å²) in [6, 6.07) is 8.58. The predicted molar refractivity (Wildman–Crippen MR) is 167 cm³/mol. The van der Waals surface area contributed by atoms with Crippen molar-refractivity contribution >= 4 is 36.9 Å². The summed E-state index contributed by atoms with van der Waals surface area (Å²) in [5.41, 5.74) is 11.0. The maximum absolute atomic E-state index is 15.8. The molecule has 9 nitrogen and oxygen atoms in total. The molecule has 1 aromatic carbocycles. The highest BCUT2D eigenvalue weighted by Crippen LogP contribution is 2.42. The zero-order valence-electron chi connectivity index (χ0n) is 25.4. The highest BCUT2D eigenvalue weighted by molar-refractivity contribution is 6.72. The minimum Gasteiger partial charge on any atom is -0.432 e. The first kappa shape index (κ1) is 29.7. The highest BCUT2D eigenvalue weighted by Gasteiger charge is 2.42. The van der Waals surface area contributed by atoms with Gasteiger partial charge in [0.2, 0.25) is 0 Å². The standard InChI is InChI=1S/C31H40FN7O2Si/c1-19-12-20(2)36-21(13-19)15-38-23(10-11-31(3,4)42(6,7)41)16-39(30(38)40)22-8-9-24(26(32)14-22)25-17-37(5)29-27(25)28(33)34-18-35-29/h8-9,12-14,17-18,23,41H,10-11,15-16H2,1-7H3,(H2,33,34,35). The number of benzene rings is 1. The molecule has 0 aliphatic carbocycles. The Morgan fingerprint density at radius 3 is 2.55 bits per heavy atom. The second-order valence-corrected chi connectivity index (χ2v) is 17.2. The van der Waals surface area contributed by atoms with Crippen LogP contribution in [-0.4, -0.2) is 56.1 Å². The SMILES string of the molecule is Cc1cc(C)nc(CN2C(=O)N(c3ccc(-c4cn(C)c5ncnc(N)c45)c(F)c3)CC2CCC(C)(C)[Si](C)(C)O)c1. The molecule has 2 amide bonds. The summed E-state index contributed by atoms with van der Waals surface area (Å²) in [5, 5.41) is 0.361. The first-order chi connectivity index (χ1) is 19.7. The van der Waals surface area contributed by atoms with E-state index >= 15 is 4.39 Å². The molecule has 42 heavy (non-hydrogen) atoms. The van der Waals surface area contributed by atoms with Crippen molar-refractivity contribution in [3.8, 4) is 11.1 Å². The van der Waals surface area contributed by atoms with E-state index < -0.39 is 14.1 Å². The number of hydrogen-bond acceptors (Lipinski definition) is 6. The summed E-state index contributed by atoms with van der Waals surface area (Å²) in [5.74, 6) is -0.180. The van der Waals surface area contributed by atoms with Gasteiger partial charge in [-0.05, 0) is 80.7 Å². The first-order valence-electron chi connectivity index (χ1n) is 14.3. The average molecular weight is 590 g/mol. The molecule has 1 fully saturated rings. The molecule has 11 heteroatoms. The Labute approximate surface area is 247 Å². The van der Waals surface area contributed by atoms with Gasteiger partial charge in [-0.2, -0.15) is 0 Å². The van der Waals surface area contributed by atoms with E-state index in [9.17, 15) is 9.59 Å². The Morgan fingerprint density at radius 2 is 1.88 bits per heavy atom. The second-order valence-electron chi connectivity index (χ2n) is 12.7. The monoisotopic (exact) mass is 589 g/mol. The molecule has 0 bridgehead atoms. The molecule has 1 atom stereocenters. The number of amides is 2. The second kappa shape index (κ2) is 10.8. The van der Waals surface area contributed by atoms with E-state index in [2.05, 4.69) is 28.8 Å². The zero-order valence-corrected chi connectivity index (χ0v) is 26.4. The van der Waals surface area contributed by atoms with Crippen molar-refractivity contribution in [1.29, 1.82) is 0 Å². The maximum Gasteiger partial charge on any atom is 0.325 e. The number of aryl methyl sites for hydroxylation is 3. The highest BCUT2D eigenvalue weighted by atomic mass is 28.4. The molecule has 0 spiro atoms. The lowest BCUT2D eigenvalue weighted by atomic mass is 10.0. The third kappa shape index (κ3) is 5.50. The molecule has 1 aliphatic heterocycles. The van der Waals surface area contributed by atoms with Gasteiger partial charge in [-0.15, -0.1) is 0 Å². The van der Waals surface area contributed by atoms with Crippen LogP contribution in [0.15, 0.2) is 42.9 Å². The topological polar surface area (TPSA) is 113 Å². The maximum atomic E-state index is 15.8. The summed E-state index contributed by atoms with van der Waals surface area (Å²) < 4.78 is 17.6. The molecule has 1 unspecified atom stereocenters. The summed E-state index contributed by atoms with van der Waals surface area (Å²) in [7, 11) is -0.605. The summed E-state index contributed by atoms with van der Waals surface area (Å²) in [6.45, 7) is 12.9. The molecule has 1 aliphatic rings. The zero-order chi connectivity index (χ0) is 30.6. The number of nitrogen functional groups attached to an aromatic ring is 1. The van der Waals surface area contributed by atoms with Gasteiger partial charge in [0.1, 0.15) is 23.6 Å². The molecular formula is C31H40FN7O2Si. The molecule has 0 saturated carbocycles. The minimum atomic E-state index is -2.43. The quantitative estimate of drug-likeness (QED) is 0.246. The third-order valence-corrected chi connectivity index (χ3v) is 12.5. The Kier molecular flexibility index (Phi) is 7.61. The smallest absolute Gasteiger partial charge is 0.325 e. The van der Waals surface area contributed by atoms with Crippen molar-refractivity contribution in [1.82, 2.24) is 24.4 Å². The van der Waals surface area contributed by atoms with Crippen LogP contribution in [0.4, 0.5) is 20.7 Å². The van der Waals surface area contributed by atoms with Gasteiger partial charge < -0.3 is 20.0 Å². The Hall–Kier alpha value is -3.83. The van der Waals surface area contributed by atoms with Gasteiger partial charge in [-0.3, -0.25) is 9.88 Å². The van der Waals surface area contributed by atoms with Crippen LogP contribution < -0.4 is 10.6 Å². The number of urea groups is 1. The molecule has 222 valence electrons. The van der Waals surface area contributed by atoms with Crippen molar-refractivity contribution in [2.75, 3.05) is 17.2 Å². The molecular weight excluding hydrogens is 549 g/mol. The Bertz CT molecular complexity index is 1640. The van der Waals surface area contributed by atoms with Crippen LogP contribution >= 0.6 is 0 Å². The number of nitrogens with zero attached hydrogens (tertiary/aromatic N) is 6. The van der Waals surface area contributed by atoms with Gasteiger partial charge in [0.25, 0.3) is 0 Å². The third-order valence-electron chi connectivity index (χ3n) is 8.89. The number of nitrogens with two attached hydrogens (primary N) is 1. The number of fused-ring (bicyclic) bond motifs is 1. The van der Waals surface area contributed by atoms with Crippen molar-refractivity contribution in [3.05, 3.63) is 65.6 Å². The van der Waals surface area contributed by atoms with Crippen LogP contribution in [0.1, 0.15) is 43.6 Å².